The van der Waals surface area contributed by atoms with Crippen molar-refractivity contribution < 1.29 is 23.1 Å². The summed E-state index contributed by atoms with van der Waals surface area (Å²) in [6.07, 6.45) is 0.405. The van der Waals surface area contributed by atoms with Crippen molar-refractivity contribution in [2.24, 2.45) is 5.92 Å². The predicted molar refractivity (Wildman–Crippen MR) is 76.5 cm³/mol. The van der Waals surface area contributed by atoms with Crippen molar-refractivity contribution in [1.82, 2.24) is 9.21 Å². The third kappa shape index (κ3) is 3.42. The van der Waals surface area contributed by atoms with Crippen LogP contribution in [0.4, 0.5) is 0 Å². The van der Waals surface area contributed by atoms with Crippen molar-refractivity contribution in [1.29, 1.82) is 0 Å². The molecule has 1 amide bonds. The fourth-order valence-electron chi connectivity index (χ4n) is 2.13. The van der Waals surface area contributed by atoms with Crippen LogP contribution in [0.2, 0.25) is 0 Å². The zero-order chi connectivity index (χ0) is 15.6. The average Bonchev–Trinajstić information content (AvgIpc) is 3.10. The molecule has 9 heteroatoms. The third-order valence-corrected chi connectivity index (χ3v) is 6.58. The highest BCUT2D eigenvalue weighted by atomic mass is 32.2. The number of likely N-dealkylation sites (tertiary alicyclic amines) is 1. The summed E-state index contributed by atoms with van der Waals surface area (Å²) >= 11 is 1.09. The Morgan fingerprint density at radius 3 is 2.76 bits per heavy atom. The van der Waals surface area contributed by atoms with Gasteiger partial charge in [-0.2, -0.15) is 4.31 Å². The Hall–Kier alpha value is -1.45. The second-order valence-electron chi connectivity index (χ2n) is 4.86. The number of sulfonamides is 1. The third-order valence-electron chi connectivity index (χ3n) is 3.41. The molecule has 1 aliphatic heterocycles. The average molecular weight is 332 g/mol. The molecule has 2 heterocycles. The largest absolute Gasteiger partial charge is 0.481 e. The summed E-state index contributed by atoms with van der Waals surface area (Å²) in [5.41, 5.74) is 0. The first kappa shape index (κ1) is 15.9. The zero-order valence-corrected chi connectivity index (χ0v) is 13.1. The summed E-state index contributed by atoms with van der Waals surface area (Å²) in [6.45, 7) is 0.205. The van der Waals surface area contributed by atoms with Crippen LogP contribution in [0.3, 0.4) is 0 Å². The molecule has 1 saturated heterocycles. The number of carboxylic acids is 1. The van der Waals surface area contributed by atoms with Crippen LogP contribution in [0.25, 0.3) is 0 Å². The van der Waals surface area contributed by atoms with Gasteiger partial charge in [0.25, 0.3) is 10.0 Å². The van der Waals surface area contributed by atoms with Crippen LogP contribution in [0.1, 0.15) is 6.42 Å². The number of nitrogens with zero attached hydrogens (tertiary/aromatic N) is 2. The molecule has 0 saturated carbocycles. The van der Waals surface area contributed by atoms with Crippen LogP contribution in [0.15, 0.2) is 21.7 Å². The van der Waals surface area contributed by atoms with Gasteiger partial charge in [0.1, 0.15) is 4.21 Å². The Bertz CT molecular complexity index is 626. The first-order chi connectivity index (χ1) is 9.82. The molecule has 0 radical (unpaired) electrons. The monoisotopic (exact) mass is 332 g/mol. The number of amides is 1. The molecule has 2 rings (SSSR count). The number of hydrogen-bond donors (Lipinski definition) is 1. The minimum atomic E-state index is -3.66. The highest BCUT2D eigenvalue weighted by molar-refractivity contribution is 7.91. The number of carboxylic acid groups (broad SMARTS) is 1. The normalized spacial score (nSPS) is 19.1. The Kier molecular flexibility index (Phi) is 4.64. The van der Waals surface area contributed by atoms with Gasteiger partial charge in [0.05, 0.1) is 12.5 Å². The SMILES string of the molecule is CN(CC(=O)N1CCC(C(=O)O)C1)S(=O)(=O)c1cccs1. The summed E-state index contributed by atoms with van der Waals surface area (Å²) in [5.74, 6) is -1.86. The molecule has 0 spiro atoms. The maximum atomic E-state index is 12.2. The van der Waals surface area contributed by atoms with E-state index < -0.39 is 21.9 Å². The zero-order valence-electron chi connectivity index (χ0n) is 11.4. The van der Waals surface area contributed by atoms with Gasteiger partial charge in [-0.25, -0.2) is 8.42 Å². The molecule has 1 atom stereocenters. The highest BCUT2D eigenvalue weighted by Crippen LogP contribution is 2.21. The molecular weight excluding hydrogens is 316 g/mol. The quantitative estimate of drug-likeness (QED) is 0.837. The van der Waals surface area contributed by atoms with Gasteiger partial charge in [-0.05, 0) is 17.9 Å². The van der Waals surface area contributed by atoms with Crippen LogP contribution in [-0.4, -0.2) is 61.3 Å². The van der Waals surface area contributed by atoms with Crippen molar-refractivity contribution >= 4 is 33.2 Å². The van der Waals surface area contributed by atoms with Crippen LogP contribution >= 0.6 is 11.3 Å². The van der Waals surface area contributed by atoms with Crippen LogP contribution in [0.5, 0.6) is 0 Å². The first-order valence-corrected chi connectivity index (χ1v) is 8.64. The molecule has 1 N–H and O–H groups in total. The molecule has 0 aliphatic carbocycles. The van der Waals surface area contributed by atoms with E-state index in [0.717, 1.165) is 15.6 Å². The van der Waals surface area contributed by atoms with Crippen molar-refractivity contribution in [2.45, 2.75) is 10.6 Å². The van der Waals surface area contributed by atoms with Gasteiger partial charge in [0.15, 0.2) is 0 Å². The lowest BCUT2D eigenvalue weighted by atomic mass is 10.1. The molecular formula is C12H16N2O5S2. The predicted octanol–water partition coefficient (Wildman–Crippen LogP) is 0.302. The molecule has 116 valence electrons. The number of likely N-dealkylation sites (N-methyl/N-ethyl adjacent to an activating group) is 1. The van der Waals surface area contributed by atoms with Crippen molar-refractivity contribution in [3.8, 4) is 0 Å². The molecule has 1 unspecified atom stereocenters. The highest BCUT2D eigenvalue weighted by Gasteiger charge is 2.32. The smallest absolute Gasteiger partial charge is 0.308 e. The van der Waals surface area contributed by atoms with Gasteiger partial charge >= 0.3 is 5.97 Å². The Labute approximate surface area is 126 Å². The van der Waals surface area contributed by atoms with Crippen LogP contribution in [0, 0.1) is 5.92 Å². The topological polar surface area (TPSA) is 95.0 Å². The van der Waals surface area contributed by atoms with E-state index in [1.54, 1.807) is 11.4 Å². The van der Waals surface area contributed by atoms with Crippen LogP contribution < -0.4 is 0 Å². The summed E-state index contributed by atoms with van der Waals surface area (Å²) in [6, 6.07) is 3.11. The lowest BCUT2D eigenvalue weighted by molar-refractivity contribution is -0.141. The van der Waals surface area contributed by atoms with E-state index in [0.29, 0.717) is 13.0 Å². The molecule has 0 aromatic carbocycles. The van der Waals surface area contributed by atoms with Gasteiger partial charge in [0.2, 0.25) is 5.91 Å². The molecule has 0 bridgehead atoms. The Morgan fingerprint density at radius 1 is 1.52 bits per heavy atom. The van der Waals surface area contributed by atoms with E-state index >= 15 is 0 Å². The number of aliphatic carboxylic acids is 1. The van der Waals surface area contributed by atoms with E-state index in [4.69, 9.17) is 5.11 Å². The van der Waals surface area contributed by atoms with E-state index in [-0.39, 0.29) is 23.2 Å². The summed E-state index contributed by atoms with van der Waals surface area (Å²) in [5, 5.41) is 10.6. The molecule has 1 aliphatic rings. The van der Waals surface area contributed by atoms with Crippen molar-refractivity contribution in [2.75, 3.05) is 26.7 Å². The molecule has 1 aromatic heterocycles. The standard InChI is InChI=1S/C12H16N2O5S2/c1-13(21(18,19)11-3-2-6-20-11)8-10(15)14-5-4-9(7-14)12(16)17/h2-3,6,9H,4-5,7-8H2,1H3,(H,16,17). The Morgan fingerprint density at radius 2 is 2.24 bits per heavy atom. The fraction of sp³-hybridized carbons (Fsp3) is 0.500. The number of carbonyl (C=O) groups is 2. The molecule has 1 aromatic rings. The minimum absolute atomic E-state index is 0.140. The van der Waals surface area contributed by atoms with E-state index in [2.05, 4.69) is 0 Å². The summed E-state index contributed by atoms with van der Waals surface area (Å²) in [7, 11) is -2.32. The molecule has 21 heavy (non-hydrogen) atoms. The number of thiophene rings is 1. The second kappa shape index (κ2) is 6.12. The van der Waals surface area contributed by atoms with E-state index in [9.17, 15) is 18.0 Å². The van der Waals surface area contributed by atoms with Crippen LogP contribution in [-0.2, 0) is 19.6 Å². The van der Waals surface area contributed by atoms with Crippen molar-refractivity contribution in [3.05, 3.63) is 17.5 Å². The summed E-state index contributed by atoms with van der Waals surface area (Å²) in [4.78, 5) is 24.3. The van der Waals surface area contributed by atoms with Gasteiger partial charge in [-0.1, -0.05) is 6.07 Å². The number of carbonyl (C=O) groups excluding carboxylic acids is 1. The fourth-order valence-corrected chi connectivity index (χ4v) is 4.45. The van der Waals surface area contributed by atoms with E-state index in [1.807, 2.05) is 0 Å². The van der Waals surface area contributed by atoms with E-state index in [1.165, 1.54) is 18.0 Å². The lowest BCUT2D eigenvalue weighted by Crippen LogP contribution is -2.40. The second-order valence-corrected chi connectivity index (χ2v) is 8.08. The first-order valence-electron chi connectivity index (χ1n) is 6.33. The van der Waals surface area contributed by atoms with Crippen molar-refractivity contribution in [3.63, 3.8) is 0 Å². The minimum Gasteiger partial charge on any atom is -0.481 e. The Balaban J connectivity index is 1.99. The maximum Gasteiger partial charge on any atom is 0.308 e. The molecule has 7 nitrogen and oxygen atoms in total. The summed E-state index contributed by atoms with van der Waals surface area (Å²) < 4.78 is 25.6. The maximum absolute atomic E-state index is 12.2. The number of hydrogen-bond acceptors (Lipinski definition) is 5. The van der Waals surface area contributed by atoms with Gasteiger partial charge in [-0.15, -0.1) is 11.3 Å². The molecule has 1 fully saturated rings. The number of rotatable bonds is 5. The van der Waals surface area contributed by atoms with Gasteiger partial charge in [0, 0.05) is 20.1 Å². The van der Waals surface area contributed by atoms with Gasteiger partial charge in [-0.3, -0.25) is 9.59 Å². The van der Waals surface area contributed by atoms with Gasteiger partial charge < -0.3 is 10.0 Å². The lowest BCUT2D eigenvalue weighted by Gasteiger charge is -2.20.